The van der Waals surface area contributed by atoms with Crippen molar-refractivity contribution in [2.75, 3.05) is 27.2 Å². The lowest BCUT2D eigenvalue weighted by Crippen LogP contribution is -2.47. The van der Waals surface area contributed by atoms with Crippen LogP contribution in [0.2, 0.25) is 5.02 Å². The molecule has 1 amide bonds. The summed E-state index contributed by atoms with van der Waals surface area (Å²) in [6.07, 6.45) is 0.872. The lowest BCUT2D eigenvalue weighted by molar-refractivity contribution is -0.128. The van der Waals surface area contributed by atoms with Gasteiger partial charge >= 0.3 is 0 Å². The molecule has 0 bridgehead atoms. The Hall–Kier alpha value is -1.75. The fourth-order valence-electron chi connectivity index (χ4n) is 1.92. The van der Waals surface area contributed by atoms with Crippen LogP contribution in [0.3, 0.4) is 0 Å². The number of amides is 1. The third kappa shape index (κ3) is 5.93. The quantitative estimate of drug-likeness (QED) is 0.552. The number of nitrogens with one attached hydrogen (secondary N) is 3. The van der Waals surface area contributed by atoms with E-state index >= 15 is 0 Å². The van der Waals surface area contributed by atoms with E-state index in [1.54, 1.807) is 14.1 Å². The molecule has 1 aromatic carbocycles. The Kier molecular flexibility index (Phi) is 7.18. The summed E-state index contributed by atoms with van der Waals surface area (Å²) in [6, 6.07) is 7.79. The molecule has 0 aromatic heterocycles. The fourth-order valence-corrected chi connectivity index (χ4v) is 2.05. The average Bonchev–Trinajstić information content (AvgIpc) is 2.51. The molecule has 0 aliphatic rings. The number of guanidine groups is 1. The second-order valence-electron chi connectivity index (χ2n) is 5.69. The van der Waals surface area contributed by atoms with E-state index in [0.717, 1.165) is 18.0 Å². The van der Waals surface area contributed by atoms with Crippen molar-refractivity contribution in [2.24, 2.45) is 10.4 Å². The van der Waals surface area contributed by atoms with Crippen LogP contribution >= 0.6 is 11.6 Å². The molecule has 6 heteroatoms. The van der Waals surface area contributed by atoms with Gasteiger partial charge in [0.1, 0.15) is 0 Å². The van der Waals surface area contributed by atoms with Gasteiger partial charge in [0, 0.05) is 32.2 Å². The van der Waals surface area contributed by atoms with Crippen LogP contribution < -0.4 is 16.0 Å². The molecule has 0 unspecified atom stereocenters. The van der Waals surface area contributed by atoms with Crippen molar-refractivity contribution in [3.8, 4) is 0 Å². The summed E-state index contributed by atoms with van der Waals surface area (Å²) in [6.45, 7) is 5.04. The van der Waals surface area contributed by atoms with Crippen LogP contribution in [0.5, 0.6) is 0 Å². The van der Waals surface area contributed by atoms with Crippen molar-refractivity contribution in [1.82, 2.24) is 16.0 Å². The van der Waals surface area contributed by atoms with Gasteiger partial charge < -0.3 is 16.0 Å². The van der Waals surface area contributed by atoms with Gasteiger partial charge in [-0.3, -0.25) is 9.79 Å². The first-order chi connectivity index (χ1) is 10.4. The molecule has 0 atom stereocenters. The standard InChI is InChI=1S/C16H25ClN4O/c1-16(2,14(22)18-3)11-21-15(19-4)20-10-9-12-5-7-13(17)8-6-12/h5-8H,9-11H2,1-4H3,(H,18,22)(H2,19,20,21). The van der Waals surface area contributed by atoms with Gasteiger partial charge in [-0.2, -0.15) is 0 Å². The number of hydrogen-bond acceptors (Lipinski definition) is 2. The molecular formula is C16H25ClN4O. The molecule has 5 nitrogen and oxygen atoms in total. The first-order valence-corrected chi connectivity index (χ1v) is 7.68. The van der Waals surface area contributed by atoms with Crippen molar-refractivity contribution in [2.45, 2.75) is 20.3 Å². The van der Waals surface area contributed by atoms with Gasteiger partial charge in [-0.25, -0.2) is 0 Å². The van der Waals surface area contributed by atoms with Gasteiger partial charge in [-0.05, 0) is 38.0 Å². The van der Waals surface area contributed by atoms with Crippen molar-refractivity contribution < 1.29 is 4.79 Å². The zero-order chi connectivity index (χ0) is 16.6. The van der Waals surface area contributed by atoms with Crippen molar-refractivity contribution in [3.63, 3.8) is 0 Å². The van der Waals surface area contributed by atoms with Crippen LogP contribution in [0.15, 0.2) is 29.3 Å². The SMILES string of the molecule is CN=C(NCCc1ccc(Cl)cc1)NCC(C)(C)C(=O)NC. The van der Waals surface area contributed by atoms with Crippen LogP contribution in [-0.2, 0) is 11.2 Å². The Labute approximate surface area is 137 Å². The molecule has 0 aliphatic carbocycles. The zero-order valence-corrected chi connectivity index (χ0v) is 14.4. The van der Waals surface area contributed by atoms with Crippen LogP contribution in [0, 0.1) is 5.41 Å². The smallest absolute Gasteiger partial charge is 0.227 e. The Morgan fingerprint density at radius 1 is 1.23 bits per heavy atom. The molecule has 1 aromatic rings. The lowest BCUT2D eigenvalue weighted by Gasteiger charge is -2.24. The number of aliphatic imine (C=N–C) groups is 1. The number of halogens is 1. The normalized spacial score (nSPS) is 12.0. The number of nitrogens with zero attached hydrogens (tertiary/aromatic N) is 1. The second kappa shape index (κ2) is 8.63. The summed E-state index contributed by atoms with van der Waals surface area (Å²) in [7, 11) is 3.35. The number of carbonyl (C=O) groups excluding carboxylic acids is 1. The lowest BCUT2D eigenvalue weighted by atomic mass is 9.92. The minimum atomic E-state index is -0.497. The van der Waals surface area contributed by atoms with E-state index < -0.39 is 5.41 Å². The van der Waals surface area contributed by atoms with Gasteiger partial charge in [0.2, 0.25) is 5.91 Å². The Balaban J connectivity index is 2.40. The predicted octanol–water partition coefficient (Wildman–Crippen LogP) is 1.82. The minimum Gasteiger partial charge on any atom is -0.359 e. The largest absolute Gasteiger partial charge is 0.359 e. The molecule has 0 radical (unpaired) electrons. The maximum absolute atomic E-state index is 11.7. The van der Waals surface area contributed by atoms with Crippen molar-refractivity contribution in [3.05, 3.63) is 34.9 Å². The van der Waals surface area contributed by atoms with Crippen molar-refractivity contribution >= 4 is 23.5 Å². The minimum absolute atomic E-state index is 0.00313. The van der Waals surface area contributed by atoms with Gasteiger partial charge in [0.15, 0.2) is 5.96 Å². The molecule has 1 rings (SSSR count). The highest BCUT2D eigenvalue weighted by Gasteiger charge is 2.26. The van der Waals surface area contributed by atoms with E-state index in [0.29, 0.717) is 12.5 Å². The van der Waals surface area contributed by atoms with E-state index in [4.69, 9.17) is 11.6 Å². The molecule has 122 valence electrons. The molecule has 0 aliphatic heterocycles. The Morgan fingerprint density at radius 3 is 2.41 bits per heavy atom. The van der Waals surface area contributed by atoms with Crippen LogP contribution in [0.4, 0.5) is 0 Å². The predicted molar refractivity (Wildman–Crippen MR) is 92.4 cm³/mol. The molecule has 0 saturated heterocycles. The molecule has 3 N–H and O–H groups in total. The van der Waals surface area contributed by atoms with E-state index in [-0.39, 0.29) is 5.91 Å². The zero-order valence-electron chi connectivity index (χ0n) is 13.7. The number of hydrogen-bond donors (Lipinski definition) is 3. The monoisotopic (exact) mass is 324 g/mol. The molecule has 0 spiro atoms. The highest BCUT2D eigenvalue weighted by molar-refractivity contribution is 6.30. The van der Waals surface area contributed by atoms with Crippen LogP contribution in [-0.4, -0.2) is 39.1 Å². The van der Waals surface area contributed by atoms with Crippen LogP contribution in [0.1, 0.15) is 19.4 Å². The maximum Gasteiger partial charge on any atom is 0.227 e. The molecule has 22 heavy (non-hydrogen) atoms. The molecular weight excluding hydrogens is 300 g/mol. The highest BCUT2D eigenvalue weighted by atomic mass is 35.5. The summed E-state index contributed by atoms with van der Waals surface area (Å²) in [5, 5.41) is 9.82. The first kappa shape index (κ1) is 18.3. The third-order valence-electron chi connectivity index (χ3n) is 3.38. The van der Waals surface area contributed by atoms with Crippen molar-refractivity contribution in [1.29, 1.82) is 0 Å². The number of carbonyl (C=O) groups is 1. The summed E-state index contributed by atoms with van der Waals surface area (Å²) in [4.78, 5) is 15.9. The molecule has 0 fully saturated rings. The summed E-state index contributed by atoms with van der Waals surface area (Å²) in [5.74, 6) is 0.683. The van der Waals surface area contributed by atoms with E-state index in [1.165, 1.54) is 5.56 Å². The van der Waals surface area contributed by atoms with E-state index in [2.05, 4.69) is 20.9 Å². The highest BCUT2D eigenvalue weighted by Crippen LogP contribution is 2.13. The van der Waals surface area contributed by atoms with Gasteiger partial charge in [-0.1, -0.05) is 23.7 Å². The van der Waals surface area contributed by atoms with E-state index in [1.807, 2.05) is 38.1 Å². The van der Waals surface area contributed by atoms with Gasteiger partial charge in [-0.15, -0.1) is 0 Å². The third-order valence-corrected chi connectivity index (χ3v) is 3.63. The average molecular weight is 325 g/mol. The topological polar surface area (TPSA) is 65.5 Å². The maximum atomic E-state index is 11.7. The first-order valence-electron chi connectivity index (χ1n) is 7.30. The van der Waals surface area contributed by atoms with Crippen LogP contribution in [0.25, 0.3) is 0 Å². The Morgan fingerprint density at radius 2 is 1.86 bits per heavy atom. The van der Waals surface area contributed by atoms with Gasteiger partial charge in [0.05, 0.1) is 5.41 Å². The Bertz CT molecular complexity index is 511. The molecule has 0 saturated carbocycles. The number of benzene rings is 1. The fraction of sp³-hybridized carbons (Fsp3) is 0.500. The van der Waals surface area contributed by atoms with Gasteiger partial charge in [0.25, 0.3) is 0 Å². The summed E-state index contributed by atoms with van der Waals surface area (Å²) in [5.41, 5.74) is 0.709. The summed E-state index contributed by atoms with van der Waals surface area (Å²) < 4.78 is 0. The van der Waals surface area contributed by atoms with E-state index in [9.17, 15) is 4.79 Å². The summed E-state index contributed by atoms with van der Waals surface area (Å²) >= 11 is 5.86. The molecule has 0 heterocycles. The number of rotatable bonds is 6. The second-order valence-corrected chi connectivity index (χ2v) is 6.13.